The molecule has 17 heavy (non-hydrogen) atoms. The SMILES string of the molecule is CC(C)c1ccc2c(c1)Nc1ccccc1O2. The van der Waals surface area contributed by atoms with Gasteiger partial charge in [0, 0.05) is 0 Å². The lowest BCUT2D eigenvalue weighted by Gasteiger charge is -2.22. The maximum absolute atomic E-state index is 5.85. The molecule has 1 heterocycles. The summed E-state index contributed by atoms with van der Waals surface area (Å²) < 4.78 is 5.85. The first-order valence-corrected chi connectivity index (χ1v) is 5.92. The molecule has 0 bridgehead atoms. The van der Waals surface area contributed by atoms with Crippen molar-refractivity contribution in [2.75, 3.05) is 5.32 Å². The van der Waals surface area contributed by atoms with E-state index in [1.165, 1.54) is 5.56 Å². The van der Waals surface area contributed by atoms with Crippen LogP contribution >= 0.6 is 0 Å². The molecule has 0 aromatic heterocycles. The maximum Gasteiger partial charge on any atom is 0.150 e. The van der Waals surface area contributed by atoms with E-state index in [0.29, 0.717) is 5.92 Å². The third-order valence-corrected chi connectivity index (χ3v) is 3.05. The summed E-state index contributed by atoms with van der Waals surface area (Å²) >= 11 is 0. The average Bonchev–Trinajstić information content (AvgIpc) is 2.35. The Labute approximate surface area is 101 Å². The lowest BCUT2D eigenvalue weighted by atomic mass is 10.0. The van der Waals surface area contributed by atoms with Crippen molar-refractivity contribution in [2.45, 2.75) is 19.8 Å². The summed E-state index contributed by atoms with van der Waals surface area (Å²) in [5.74, 6) is 2.31. The number of rotatable bonds is 1. The Kier molecular flexibility index (Phi) is 2.29. The first kappa shape index (κ1) is 10.2. The fourth-order valence-electron chi connectivity index (χ4n) is 2.02. The highest BCUT2D eigenvalue weighted by Crippen LogP contribution is 2.42. The second-order valence-electron chi connectivity index (χ2n) is 4.63. The predicted molar refractivity (Wildman–Crippen MR) is 70.3 cm³/mol. The third kappa shape index (κ3) is 1.76. The van der Waals surface area contributed by atoms with Crippen LogP contribution in [-0.2, 0) is 0 Å². The van der Waals surface area contributed by atoms with Crippen LogP contribution in [0, 0.1) is 0 Å². The number of hydrogen-bond acceptors (Lipinski definition) is 2. The van der Waals surface area contributed by atoms with E-state index in [0.717, 1.165) is 22.9 Å². The van der Waals surface area contributed by atoms with E-state index in [2.05, 4.69) is 31.3 Å². The standard InChI is InChI=1S/C15H15NO/c1-10(2)11-7-8-15-13(9-11)16-12-5-3-4-6-14(12)17-15/h3-10,16H,1-2H3. The molecule has 0 spiro atoms. The number of fused-ring (bicyclic) bond motifs is 2. The summed E-state index contributed by atoms with van der Waals surface area (Å²) in [7, 11) is 0. The molecule has 0 saturated heterocycles. The quantitative estimate of drug-likeness (QED) is 0.650. The van der Waals surface area contributed by atoms with Gasteiger partial charge in [-0.05, 0) is 35.7 Å². The Morgan fingerprint density at radius 3 is 2.53 bits per heavy atom. The molecular weight excluding hydrogens is 210 g/mol. The molecule has 0 amide bonds. The number of benzene rings is 2. The van der Waals surface area contributed by atoms with E-state index in [-0.39, 0.29) is 0 Å². The van der Waals surface area contributed by atoms with Crippen molar-refractivity contribution < 1.29 is 4.74 Å². The zero-order valence-electron chi connectivity index (χ0n) is 10.0. The second-order valence-corrected chi connectivity index (χ2v) is 4.63. The van der Waals surface area contributed by atoms with Crippen LogP contribution in [0.1, 0.15) is 25.3 Å². The fraction of sp³-hybridized carbons (Fsp3) is 0.200. The van der Waals surface area contributed by atoms with E-state index in [1.807, 2.05) is 30.3 Å². The highest BCUT2D eigenvalue weighted by Gasteiger charge is 2.16. The van der Waals surface area contributed by atoms with Crippen molar-refractivity contribution in [3.05, 3.63) is 48.0 Å². The van der Waals surface area contributed by atoms with Gasteiger partial charge in [0.15, 0.2) is 11.5 Å². The third-order valence-electron chi connectivity index (χ3n) is 3.05. The maximum atomic E-state index is 5.85. The number of para-hydroxylation sites is 2. The molecule has 86 valence electrons. The molecule has 0 saturated carbocycles. The topological polar surface area (TPSA) is 21.3 Å². The van der Waals surface area contributed by atoms with Gasteiger partial charge in [0.1, 0.15) is 0 Å². The zero-order valence-corrected chi connectivity index (χ0v) is 10.0. The van der Waals surface area contributed by atoms with E-state index in [1.54, 1.807) is 0 Å². The van der Waals surface area contributed by atoms with Gasteiger partial charge in [-0.3, -0.25) is 0 Å². The van der Waals surface area contributed by atoms with Gasteiger partial charge in [-0.2, -0.15) is 0 Å². The van der Waals surface area contributed by atoms with E-state index in [9.17, 15) is 0 Å². The van der Waals surface area contributed by atoms with Crippen molar-refractivity contribution in [3.8, 4) is 11.5 Å². The molecule has 0 radical (unpaired) electrons. The number of ether oxygens (including phenoxy) is 1. The van der Waals surface area contributed by atoms with Crippen LogP contribution in [0.5, 0.6) is 11.5 Å². The highest BCUT2D eigenvalue weighted by molar-refractivity contribution is 5.75. The molecule has 0 unspecified atom stereocenters. The Morgan fingerprint density at radius 1 is 0.941 bits per heavy atom. The first-order valence-electron chi connectivity index (χ1n) is 5.92. The van der Waals surface area contributed by atoms with Gasteiger partial charge >= 0.3 is 0 Å². The van der Waals surface area contributed by atoms with E-state index >= 15 is 0 Å². The largest absolute Gasteiger partial charge is 0.453 e. The fourth-order valence-corrected chi connectivity index (χ4v) is 2.02. The highest BCUT2D eigenvalue weighted by atomic mass is 16.5. The molecule has 2 aromatic carbocycles. The Hall–Kier alpha value is -1.96. The summed E-state index contributed by atoms with van der Waals surface area (Å²) in [6, 6.07) is 14.3. The minimum atomic E-state index is 0.527. The second kappa shape index (κ2) is 3.81. The Bertz CT molecular complexity index is 561. The molecule has 1 aliphatic heterocycles. The minimum Gasteiger partial charge on any atom is -0.453 e. The van der Waals surface area contributed by atoms with Crippen molar-refractivity contribution in [1.29, 1.82) is 0 Å². The molecule has 0 aliphatic carbocycles. The summed E-state index contributed by atoms with van der Waals surface area (Å²) in [6.07, 6.45) is 0. The normalized spacial score (nSPS) is 12.4. The number of nitrogens with one attached hydrogen (secondary N) is 1. The van der Waals surface area contributed by atoms with Gasteiger partial charge in [0.05, 0.1) is 11.4 Å². The van der Waals surface area contributed by atoms with Crippen LogP contribution in [-0.4, -0.2) is 0 Å². The molecule has 2 aromatic rings. The molecule has 3 rings (SSSR count). The predicted octanol–water partition coefficient (Wildman–Crippen LogP) is 4.66. The van der Waals surface area contributed by atoms with Crippen LogP contribution in [0.25, 0.3) is 0 Å². The number of anilines is 2. The van der Waals surface area contributed by atoms with E-state index < -0.39 is 0 Å². The molecular formula is C15H15NO. The zero-order chi connectivity index (χ0) is 11.8. The first-order chi connectivity index (χ1) is 8.24. The summed E-state index contributed by atoms with van der Waals surface area (Å²) in [4.78, 5) is 0. The lowest BCUT2D eigenvalue weighted by molar-refractivity contribution is 0.481. The van der Waals surface area contributed by atoms with Crippen LogP contribution in [0.4, 0.5) is 11.4 Å². The van der Waals surface area contributed by atoms with Gasteiger partial charge in [-0.15, -0.1) is 0 Å². The van der Waals surface area contributed by atoms with Crippen molar-refractivity contribution in [1.82, 2.24) is 0 Å². The van der Waals surface area contributed by atoms with Gasteiger partial charge < -0.3 is 10.1 Å². The van der Waals surface area contributed by atoms with Crippen LogP contribution in [0.3, 0.4) is 0 Å². The monoisotopic (exact) mass is 225 g/mol. The van der Waals surface area contributed by atoms with Gasteiger partial charge in [-0.1, -0.05) is 32.0 Å². The molecule has 2 nitrogen and oxygen atoms in total. The summed E-state index contributed by atoms with van der Waals surface area (Å²) in [5.41, 5.74) is 3.40. The minimum absolute atomic E-state index is 0.527. The Balaban J connectivity index is 2.03. The molecule has 2 heteroatoms. The molecule has 0 fully saturated rings. The van der Waals surface area contributed by atoms with Crippen molar-refractivity contribution in [2.24, 2.45) is 0 Å². The number of hydrogen-bond donors (Lipinski definition) is 1. The molecule has 1 N–H and O–H groups in total. The van der Waals surface area contributed by atoms with Gasteiger partial charge in [0.2, 0.25) is 0 Å². The average molecular weight is 225 g/mol. The smallest absolute Gasteiger partial charge is 0.150 e. The van der Waals surface area contributed by atoms with Gasteiger partial charge in [-0.25, -0.2) is 0 Å². The Morgan fingerprint density at radius 2 is 1.71 bits per heavy atom. The summed E-state index contributed by atoms with van der Waals surface area (Å²) in [5, 5.41) is 3.41. The van der Waals surface area contributed by atoms with Crippen LogP contribution in [0.15, 0.2) is 42.5 Å². The molecule has 1 aliphatic rings. The van der Waals surface area contributed by atoms with Gasteiger partial charge in [0.25, 0.3) is 0 Å². The van der Waals surface area contributed by atoms with Crippen LogP contribution < -0.4 is 10.1 Å². The summed E-state index contributed by atoms with van der Waals surface area (Å²) in [6.45, 7) is 4.39. The van der Waals surface area contributed by atoms with Crippen LogP contribution in [0.2, 0.25) is 0 Å². The molecule has 0 atom stereocenters. The van der Waals surface area contributed by atoms with Crippen molar-refractivity contribution in [3.63, 3.8) is 0 Å². The lowest BCUT2D eigenvalue weighted by Crippen LogP contribution is -2.03. The van der Waals surface area contributed by atoms with Crippen molar-refractivity contribution >= 4 is 11.4 Å². The van der Waals surface area contributed by atoms with E-state index in [4.69, 9.17) is 4.74 Å².